The second kappa shape index (κ2) is 8.03. The van der Waals surface area contributed by atoms with Gasteiger partial charge in [-0.1, -0.05) is 44.0 Å². The summed E-state index contributed by atoms with van der Waals surface area (Å²) in [5.74, 6) is -0.105. The number of ether oxygens (including phenoxy) is 1. The third-order valence-electron chi connectivity index (χ3n) is 8.12. The van der Waals surface area contributed by atoms with Crippen LogP contribution in [0.5, 0.6) is 11.5 Å². The van der Waals surface area contributed by atoms with Crippen LogP contribution in [-0.2, 0) is 11.3 Å². The first kappa shape index (κ1) is 23.1. The fourth-order valence-corrected chi connectivity index (χ4v) is 6.05. The van der Waals surface area contributed by atoms with Crippen molar-refractivity contribution in [2.45, 2.75) is 52.7 Å². The standard InChI is InChI=1S/C25H29Cl2NO4/c1-24(2)15-7-8-25(24,3)21(10-15)32-23(31)18-6-5-17(12-20(18)29)28(4)13-14-9-16(26)11-19(27)22(14)30/h5-6,9,11-12,15,21,29-30H,7-8,10,13H2,1-4H3. The molecule has 2 aliphatic carbocycles. The Kier molecular flexibility index (Phi) is 5.79. The molecule has 32 heavy (non-hydrogen) atoms. The molecule has 0 radical (unpaired) electrons. The second-order valence-electron chi connectivity index (χ2n) is 9.96. The van der Waals surface area contributed by atoms with Crippen LogP contribution in [0.2, 0.25) is 10.0 Å². The predicted molar refractivity (Wildman–Crippen MR) is 127 cm³/mol. The minimum absolute atomic E-state index is 0.0328. The molecule has 4 rings (SSSR count). The number of hydrogen-bond acceptors (Lipinski definition) is 5. The normalized spacial score (nSPS) is 25.7. The summed E-state index contributed by atoms with van der Waals surface area (Å²) in [4.78, 5) is 14.7. The zero-order chi connectivity index (χ0) is 23.4. The van der Waals surface area contributed by atoms with Gasteiger partial charge in [-0.15, -0.1) is 0 Å². The Hall–Kier alpha value is -2.11. The van der Waals surface area contributed by atoms with Gasteiger partial charge in [-0.2, -0.15) is 0 Å². The Balaban J connectivity index is 1.48. The van der Waals surface area contributed by atoms with Gasteiger partial charge in [-0.25, -0.2) is 4.79 Å². The molecule has 0 heterocycles. The van der Waals surface area contributed by atoms with Crippen molar-refractivity contribution in [3.05, 3.63) is 51.5 Å². The third kappa shape index (κ3) is 3.69. The molecule has 2 aromatic carbocycles. The molecule has 5 nitrogen and oxygen atoms in total. The van der Waals surface area contributed by atoms with E-state index < -0.39 is 5.97 Å². The zero-order valence-corrected chi connectivity index (χ0v) is 20.3. The number of nitrogens with zero attached hydrogens (tertiary/aromatic N) is 1. The predicted octanol–water partition coefficient (Wildman–Crippen LogP) is 6.41. The number of esters is 1. The quantitative estimate of drug-likeness (QED) is 0.486. The number of phenols is 2. The van der Waals surface area contributed by atoms with E-state index in [9.17, 15) is 15.0 Å². The van der Waals surface area contributed by atoms with Crippen LogP contribution in [0.25, 0.3) is 0 Å². The van der Waals surface area contributed by atoms with E-state index >= 15 is 0 Å². The number of aromatic hydroxyl groups is 2. The van der Waals surface area contributed by atoms with Gasteiger partial charge in [0.25, 0.3) is 0 Å². The highest BCUT2D eigenvalue weighted by Crippen LogP contribution is 2.66. The van der Waals surface area contributed by atoms with Crippen molar-refractivity contribution in [1.82, 2.24) is 0 Å². The number of carbonyl (C=O) groups is 1. The molecule has 2 fully saturated rings. The largest absolute Gasteiger partial charge is 0.507 e. The van der Waals surface area contributed by atoms with Crippen LogP contribution < -0.4 is 4.90 Å². The molecule has 0 aliphatic heterocycles. The number of halogens is 2. The van der Waals surface area contributed by atoms with Crippen molar-refractivity contribution in [1.29, 1.82) is 0 Å². The Labute approximate surface area is 198 Å². The van der Waals surface area contributed by atoms with Crippen LogP contribution in [-0.4, -0.2) is 29.3 Å². The molecule has 2 N–H and O–H groups in total. The van der Waals surface area contributed by atoms with Crippen molar-refractivity contribution in [2.75, 3.05) is 11.9 Å². The van der Waals surface area contributed by atoms with E-state index in [1.54, 1.807) is 25.2 Å². The smallest absolute Gasteiger partial charge is 0.342 e. The summed E-state index contributed by atoms with van der Waals surface area (Å²) in [7, 11) is 1.80. The van der Waals surface area contributed by atoms with Gasteiger partial charge < -0.3 is 19.8 Å². The summed E-state index contributed by atoms with van der Waals surface area (Å²) < 4.78 is 5.91. The van der Waals surface area contributed by atoms with Gasteiger partial charge in [0.1, 0.15) is 23.2 Å². The van der Waals surface area contributed by atoms with E-state index in [1.807, 2.05) is 4.90 Å². The highest BCUT2D eigenvalue weighted by atomic mass is 35.5. The maximum Gasteiger partial charge on any atom is 0.342 e. The number of hydrogen-bond donors (Lipinski definition) is 2. The molecular formula is C25H29Cl2NO4. The molecule has 2 bridgehead atoms. The van der Waals surface area contributed by atoms with E-state index in [0.29, 0.717) is 28.7 Å². The first-order chi connectivity index (χ1) is 14.9. The zero-order valence-electron chi connectivity index (χ0n) is 18.8. The van der Waals surface area contributed by atoms with Gasteiger partial charge in [0, 0.05) is 41.3 Å². The fraction of sp³-hybridized carbons (Fsp3) is 0.480. The fourth-order valence-electron chi connectivity index (χ4n) is 5.52. The molecule has 0 aromatic heterocycles. The van der Waals surface area contributed by atoms with Gasteiger partial charge in [0.15, 0.2) is 0 Å². The molecule has 0 saturated heterocycles. The maximum atomic E-state index is 12.9. The minimum Gasteiger partial charge on any atom is -0.507 e. The van der Waals surface area contributed by atoms with Gasteiger partial charge in [-0.05, 0) is 54.9 Å². The maximum absolute atomic E-state index is 12.9. The van der Waals surface area contributed by atoms with Crippen molar-refractivity contribution in [2.24, 2.45) is 16.7 Å². The summed E-state index contributed by atoms with van der Waals surface area (Å²) in [6.07, 6.45) is 2.97. The van der Waals surface area contributed by atoms with Crippen LogP contribution >= 0.6 is 23.2 Å². The summed E-state index contributed by atoms with van der Waals surface area (Å²) in [6, 6.07) is 7.96. The number of rotatable bonds is 5. The molecule has 2 aromatic rings. The number of phenolic OH excluding ortho intramolecular Hbond substituents is 2. The third-order valence-corrected chi connectivity index (χ3v) is 8.63. The first-order valence-corrected chi connectivity index (χ1v) is 11.6. The highest BCUT2D eigenvalue weighted by Gasteiger charge is 2.62. The van der Waals surface area contributed by atoms with Crippen LogP contribution in [0, 0.1) is 16.7 Å². The number of fused-ring (bicyclic) bond motifs is 2. The summed E-state index contributed by atoms with van der Waals surface area (Å²) in [5, 5.41) is 21.4. The van der Waals surface area contributed by atoms with E-state index in [-0.39, 0.29) is 39.0 Å². The Bertz CT molecular complexity index is 1070. The summed E-state index contributed by atoms with van der Waals surface area (Å²) >= 11 is 12.1. The lowest BCUT2D eigenvalue weighted by atomic mass is 9.70. The van der Waals surface area contributed by atoms with Gasteiger partial charge in [0.05, 0.1) is 5.02 Å². The average Bonchev–Trinajstić information content (AvgIpc) is 3.05. The van der Waals surface area contributed by atoms with E-state index in [2.05, 4.69) is 20.8 Å². The highest BCUT2D eigenvalue weighted by molar-refractivity contribution is 6.35. The van der Waals surface area contributed by atoms with Gasteiger partial charge >= 0.3 is 5.97 Å². The Morgan fingerprint density at radius 1 is 1.19 bits per heavy atom. The van der Waals surface area contributed by atoms with Crippen molar-refractivity contribution in [3.63, 3.8) is 0 Å². The number of carbonyl (C=O) groups excluding carboxylic acids is 1. The van der Waals surface area contributed by atoms with Crippen molar-refractivity contribution in [3.8, 4) is 11.5 Å². The van der Waals surface area contributed by atoms with Crippen molar-refractivity contribution >= 4 is 34.9 Å². The topological polar surface area (TPSA) is 70.0 Å². The Morgan fingerprint density at radius 3 is 2.50 bits per heavy atom. The SMILES string of the molecule is CN(Cc1cc(Cl)cc(Cl)c1O)c1ccc(C(=O)OC2CC3CCC2(C)C3(C)C)c(O)c1. The summed E-state index contributed by atoms with van der Waals surface area (Å²) in [6.45, 7) is 7.07. The van der Waals surface area contributed by atoms with E-state index in [4.69, 9.17) is 27.9 Å². The molecule has 0 amide bonds. The van der Waals surface area contributed by atoms with E-state index in [1.165, 1.54) is 18.6 Å². The van der Waals surface area contributed by atoms with Crippen molar-refractivity contribution < 1.29 is 19.7 Å². The average molecular weight is 478 g/mol. The molecule has 3 atom stereocenters. The van der Waals surface area contributed by atoms with Crippen LogP contribution in [0.3, 0.4) is 0 Å². The second-order valence-corrected chi connectivity index (χ2v) is 10.8. The molecule has 172 valence electrons. The summed E-state index contributed by atoms with van der Waals surface area (Å²) in [5.41, 5.74) is 1.48. The van der Waals surface area contributed by atoms with E-state index in [0.717, 1.165) is 12.8 Å². The van der Waals surface area contributed by atoms with Gasteiger partial charge in [-0.3, -0.25) is 0 Å². The number of benzene rings is 2. The lowest BCUT2D eigenvalue weighted by Gasteiger charge is -2.38. The molecule has 2 saturated carbocycles. The molecule has 0 spiro atoms. The van der Waals surface area contributed by atoms with Crippen LogP contribution in [0.4, 0.5) is 5.69 Å². The Morgan fingerprint density at radius 2 is 1.91 bits per heavy atom. The lowest BCUT2D eigenvalue weighted by Crippen LogP contribution is -2.38. The molecule has 7 heteroatoms. The van der Waals surface area contributed by atoms with Crippen LogP contribution in [0.15, 0.2) is 30.3 Å². The monoisotopic (exact) mass is 477 g/mol. The molecule has 2 aliphatic rings. The lowest BCUT2D eigenvalue weighted by molar-refractivity contribution is -0.0244. The first-order valence-electron chi connectivity index (χ1n) is 10.9. The molecule has 3 unspecified atom stereocenters. The minimum atomic E-state index is -0.495. The van der Waals surface area contributed by atoms with Gasteiger partial charge in [0.2, 0.25) is 0 Å². The van der Waals surface area contributed by atoms with Crippen LogP contribution in [0.1, 0.15) is 56.0 Å². The number of anilines is 1. The molecular weight excluding hydrogens is 449 g/mol.